The Balaban J connectivity index is 2.45. The summed E-state index contributed by atoms with van der Waals surface area (Å²) in [6.07, 6.45) is 0. The van der Waals surface area contributed by atoms with Crippen molar-refractivity contribution in [2.75, 3.05) is 26.9 Å². The Hall–Kier alpha value is -0.420. The van der Waals surface area contributed by atoms with Gasteiger partial charge in [0.1, 0.15) is 0 Å². The second kappa shape index (κ2) is 6.14. The summed E-state index contributed by atoms with van der Waals surface area (Å²) in [5.41, 5.74) is 0. The van der Waals surface area contributed by atoms with Crippen LogP contribution in [0.25, 0.3) is 0 Å². The van der Waals surface area contributed by atoms with Gasteiger partial charge in [0.25, 0.3) is 0 Å². The summed E-state index contributed by atoms with van der Waals surface area (Å²) in [5, 5.41) is 12.4. The van der Waals surface area contributed by atoms with Gasteiger partial charge in [-0.1, -0.05) is 0 Å². The molecule has 1 aromatic rings. The van der Waals surface area contributed by atoms with Crippen molar-refractivity contribution in [2.45, 2.75) is 13.0 Å². The van der Waals surface area contributed by atoms with Gasteiger partial charge < -0.3 is 15.2 Å². The van der Waals surface area contributed by atoms with Crippen LogP contribution in [0.5, 0.6) is 0 Å². The van der Waals surface area contributed by atoms with Crippen LogP contribution in [0.4, 0.5) is 0 Å². The maximum absolute atomic E-state index is 9.19. The fourth-order valence-electron chi connectivity index (χ4n) is 1.23. The number of rotatable bonds is 6. The van der Waals surface area contributed by atoms with Crippen molar-refractivity contribution in [3.05, 3.63) is 21.9 Å². The van der Waals surface area contributed by atoms with Crippen molar-refractivity contribution in [3.8, 4) is 0 Å². The van der Waals surface area contributed by atoms with Crippen molar-refractivity contribution >= 4 is 11.3 Å². The molecule has 0 saturated heterocycles. The Labute approximate surface area is 88.7 Å². The average Bonchev–Trinajstić information content (AvgIpc) is 2.60. The molecule has 1 aromatic heterocycles. The van der Waals surface area contributed by atoms with E-state index in [1.807, 2.05) is 0 Å². The SMILES string of the molecule is COCCNC(CO)c1ccc(C)s1. The molecule has 14 heavy (non-hydrogen) atoms. The molecule has 0 bridgehead atoms. The van der Waals surface area contributed by atoms with Crippen LogP contribution in [0.1, 0.15) is 15.8 Å². The monoisotopic (exact) mass is 215 g/mol. The average molecular weight is 215 g/mol. The van der Waals surface area contributed by atoms with Gasteiger partial charge in [0, 0.05) is 23.4 Å². The minimum atomic E-state index is 0.0452. The van der Waals surface area contributed by atoms with Gasteiger partial charge in [-0.15, -0.1) is 11.3 Å². The van der Waals surface area contributed by atoms with Crippen molar-refractivity contribution in [2.24, 2.45) is 0 Å². The first kappa shape index (κ1) is 11.7. The summed E-state index contributed by atoms with van der Waals surface area (Å²) in [4.78, 5) is 2.45. The summed E-state index contributed by atoms with van der Waals surface area (Å²) in [7, 11) is 1.67. The maximum atomic E-state index is 9.19. The van der Waals surface area contributed by atoms with Crippen LogP contribution >= 0.6 is 11.3 Å². The quantitative estimate of drug-likeness (QED) is 0.703. The number of aryl methyl sites for hydroxylation is 1. The molecule has 1 rings (SSSR count). The summed E-state index contributed by atoms with van der Waals surface area (Å²) in [6, 6.07) is 4.17. The molecule has 1 atom stereocenters. The van der Waals surface area contributed by atoms with E-state index in [9.17, 15) is 5.11 Å². The Morgan fingerprint density at radius 2 is 2.36 bits per heavy atom. The van der Waals surface area contributed by atoms with Crippen molar-refractivity contribution < 1.29 is 9.84 Å². The van der Waals surface area contributed by atoms with E-state index in [0.717, 1.165) is 6.54 Å². The van der Waals surface area contributed by atoms with Gasteiger partial charge in [-0.05, 0) is 19.1 Å². The Kier molecular flexibility index (Phi) is 5.11. The fourth-order valence-corrected chi connectivity index (χ4v) is 2.18. The van der Waals surface area contributed by atoms with E-state index in [-0.39, 0.29) is 12.6 Å². The van der Waals surface area contributed by atoms with Gasteiger partial charge in [-0.25, -0.2) is 0 Å². The molecule has 0 radical (unpaired) electrons. The summed E-state index contributed by atoms with van der Waals surface area (Å²) in [6.45, 7) is 3.63. The third kappa shape index (κ3) is 3.38. The molecular formula is C10H17NO2S. The second-order valence-electron chi connectivity index (χ2n) is 3.13. The standard InChI is InChI=1S/C10H17NO2S/c1-8-3-4-10(14-8)9(7-12)11-5-6-13-2/h3-4,9,11-12H,5-7H2,1-2H3. The normalized spacial score (nSPS) is 13.1. The van der Waals surface area contributed by atoms with Gasteiger partial charge in [0.05, 0.1) is 19.3 Å². The predicted molar refractivity (Wildman–Crippen MR) is 58.8 cm³/mol. The topological polar surface area (TPSA) is 41.5 Å². The zero-order valence-electron chi connectivity index (χ0n) is 8.62. The van der Waals surface area contributed by atoms with E-state index in [1.165, 1.54) is 9.75 Å². The molecular weight excluding hydrogens is 198 g/mol. The molecule has 4 heteroatoms. The summed E-state index contributed by atoms with van der Waals surface area (Å²) in [5.74, 6) is 0. The number of aliphatic hydroxyl groups excluding tert-OH is 1. The largest absolute Gasteiger partial charge is 0.394 e. The highest BCUT2D eigenvalue weighted by molar-refractivity contribution is 7.12. The number of ether oxygens (including phenoxy) is 1. The van der Waals surface area contributed by atoms with E-state index < -0.39 is 0 Å². The molecule has 0 aliphatic heterocycles. The van der Waals surface area contributed by atoms with Gasteiger partial charge >= 0.3 is 0 Å². The number of hydrogen-bond acceptors (Lipinski definition) is 4. The van der Waals surface area contributed by atoms with Gasteiger partial charge in [-0.2, -0.15) is 0 Å². The lowest BCUT2D eigenvalue weighted by molar-refractivity contribution is 0.184. The third-order valence-corrected chi connectivity index (χ3v) is 3.10. The van der Waals surface area contributed by atoms with E-state index in [2.05, 4.69) is 24.4 Å². The first-order valence-electron chi connectivity index (χ1n) is 4.67. The van der Waals surface area contributed by atoms with E-state index in [1.54, 1.807) is 18.4 Å². The molecule has 0 aromatic carbocycles. The third-order valence-electron chi connectivity index (χ3n) is 1.98. The minimum Gasteiger partial charge on any atom is -0.394 e. The van der Waals surface area contributed by atoms with E-state index in [0.29, 0.717) is 6.61 Å². The molecule has 0 saturated carbocycles. The van der Waals surface area contributed by atoms with Crippen molar-refractivity contribution in [1.29, 1.82) is 0 Å². The van der Waals surface area contributed by atoms with Gasteiger partial charge in [0.15, 0.2) is 0 Å². The minimum absolute atomic E-state index is 0.0452. The fraction of sp³-hybridized carbons (Fsp3) is 0.600. The van der Waals surface area contributed by atoms with Crippen LogP contribution in [0.3, 0.4) is 0 Å². The zero-order chi connectivity index (χ0) is 10.4. The van der Waals surface area contributed by atoms with Crippen molar-refractivity contribution in [3.63, 3.8) is 0 Å². The van der Waals surface area contributed by atoms with Crippen LogP contribution < -0.4 is 5.32 Å². The second-order valence-corrected chi connectivity index (χ2v) is 4.45. The molecule has 0 spiro atoms. The van der Waals surface area contributed by atoms with Gasteiger partial charge in [-0.3, -0.25) is 0 Å². The molecule has 0 fully saturated rings. The molecule has 0 aliphatic rings. The molecule has 0 amide bonds. The number of methoxy groups -OCH3 is 1. The Morgan fingerprint density at radius 1 is 1.57 bits per heavy atom. The molecule has 3 nitrogen and oxygen atoms in total. The predicted octanol–water partition coefficient (Wildman–Crippen LogP) is 1.33. The molecule has 1 heterocycles. The van der Waals surface area contributed by atoms with E-state index in [4.69, 9.17) is 4.74 Å². The lowest BCUT2D eigenvalue weighted by Gasteiger charge is -2.13. The zero-order valence-corrected chi connectivity index (χ0v) is 9.43. The summed E-state index contributed by atoms with van der Waals surface area (Å²) >= 11 is 1.72. The Morgan fingerprint density at radius 3 is 2.86 bits per heavy atom. The first-order chi connectivity index (χ1) is 6.77. The smallest absolute Gasteiger partial charge is 0.0650 e. The van der Waals surface area contributed by atoms with Crippen LogP contribution in [0.2, 0.25) is 0 Å². The first-order valence-corrected chi connectivity index (χ1v) is 5.49. The molecule has 80 valence electrons. The van der Waals surface area contributed by atoms with Crippen molar-refractivity contribution in [1.82, 2.24) is 5.32 Å². The van der Waals surface area contributed by atoms with Crippen LogP contribution in [0, 0.1) is 6.92 Å². The highest BCUT2D eigenvalue weighted by Gasteiger charge is 2.10. The van der Waals surface area contributed by atoms with Crippen LogP contribution in [-0.4, -0.2) is 32.0 Å². The number of nitrogens with one attached hydrogen (secondary N) is 1. The van der Waals surface area contributed by atoms with Crippen LogP contribution in [-0.2, 0) is 4.74 Å². The highest BCUT2D eigenvalue weighted by Crippen LogP contribution is 2.22. The maximum Gasteiger partial charge on any atom is 0.0650 e. The molecule has 1 unspecified atom stereocenters. The highest BCUT2D eigenvalue weighted by atomic mass is 32.1. The molecule has 0 aliphatic carbocycles. The van der Waals surface area contributed by atoms with Crippen LogP contribution in [0.15, 0.2) is 12.1 Å². The Bertz CT molecular complexity index is 262. The van der Waals surface area contributed by atoms with E-state index >= 15 is 0 Å². The van der Waals surface area contributed by atoms with Gasteiger partial charge in [0.2, 0.25) is 0 Å². The number of hydrogen-bond donors (Lipinski definition) is 2. The molecule has 2 N–H and O–H groups in total. The number of thiophene rings is 1. The summed E-state index contributed by atoms with van der Waals surface area (Å²) < 4.78 is 4.94. The number of aliphatic hydroxyl groups is 1. The lowest BCUT2D eigenvalue weighted by Crippen LogP contribution is -2.26. The lowest BCUT2D eigenvalue weighted by atomic mass is 10.2.